The highest BCUT2D eigenvalue weighted by Crippen LogP contribution is 2.33. The summed E-state index contributed by atoms with van der Waals surface area (Å²) >= 11 is 3.48. The summed E-state index contributed by atoms with van der Waals surface area (Å²) in [5.41, 5.74) is 3.05. The Balaban J connectivity index is 1.96. The first-order valence-corrected chi connectivity index (χ1v) is 7.17. The van der Waals surface area contributed by atoms with Gasteiger partial charge in [-0.05, 0) is 42.7 Å². The van der Waals surface area contributed by atoms with E-state index < -0.39 is 0 Å². The molecule has 1 aliphatic rings. The van der Waals surface area contributed by atoms with Crippen LogP contribution in [0.1, 0.15) is 49.1 Å². The molecule has 82 valence electrons. The third-order valence-corrected chi connectivity index (χ3v) is 3.97. The van der Waals surface area contributed by atoms with Gasteiger partial charge in [-0.1, -0.05) is 53.0 Å². The van der Waals surface area contributed by atoms with Gasteiger partial charge in [-0.2, -0.15) is 0 Å². The quantitative estimate of drug-likeness (QED) is 0.695. The normalized spacial score (nSPS) is 17.1. The van der Waals surface area contributed by atoms with Crippen LogP contribution in [-0.4, -0.2) is 5.33 Å². The molecule has 1 fully saturated rings. The van der Waals surface area contributed by atoms with Crippen molar-refractivity contribution in [2.45, 2.75) is 44.4 Å². The van der Waals surface area contributed by atoms with E-state index in [1.165, 1.54) is 44.1 Å². The smallest absolute Gasteiger partial charge is 0.00344 e. The fourth-order valence-corrected chi connectivity index (χ4v) is 2.77. The minimum absolute atomic E-state index is 0.857. The van der Waals surface area contributed by atoms with Gasteiger partial charge >= 0.3 is 0 Å². The van der Waals surface area contributed by atoms with E-state index in [0.29, 0.717) is 0 Å². The van der Waals surface area contributed by atoms with Crippen molar-refractivity contribution in [1.29, 1.82) is 0 Å². The molecule has 0 amide bonds. The second-order valence-electron chi connectivity index (χ2n) is 4.52. The fourth-order valence-electron chi connectivity index (χ4n) is 2.49. The number of alkyl halides is 1. The Morgan fingerprint density at radius 2 is 1.73 bits per heavy atom. The fraction of sp³-hybridized carbons (Fsp3) is 0.571. The molecule has 1 aromatic rings. The molecule has 1 heteroatoms. The van der Waals surface area contributed by atoms with Gasteiger partial charge in [-0.25, -0.2) is 0 Å². The van der Waals surface area contributed by atoms with Crippen LogP contribution in [0.3, 0.4) is 0 Å². The average molecular weight is 267 g/mol. The van der Waals surface area contributed by atoms with Crippen LogP contribution in [0.15, 0.2) is 24.3 Å². The SMILES string of the molecule is BrCCCc1ccc(C2CCCC2)cc1. The second-order valence-corrected chi connectivity index (χ2v) is 5.31. The van der Waals surface area contributed by atoms with Gasteiger partial charge in [-0.3, -0.25) is 0 Å². The van der Waals surface area contributed by atoms with E-state index in [2.05, 4.69) is 40.2 Å². The topological polar surface area (TPSA) is 0 Å². The molecular weight excluding hydrogens is 248 g/mol. The Morgan fingerprint density at radius 1 is 1.07 bits per heavy atom. The average Bonchev–Trinajstić information content (AvgIpc) is 2.80. The van der Waals surface area contributed by atoms with Crippen LogP contribution in [-0.2, 0) is 6.42 Å². The lowest BCUT2D eigenvalue weighted by Crippen LogP contribution is -1.93. The Bertz CT molecular complexity index is 283. The first-order valence-electron chi connectivity index (χ1n) is 6.05. The second kappa shape index (κ2) is 5.69. The van der Waals surface area contributed by atoms with E-state index in [4.69, 9.17) is 0 Å². The zero-order valence-electron chi connectivity index (χ0n) is 9.21. The zero-order chi connectivity index (χ0) is 10.5. The summed E-state index contributed by atoms with van der Waals surface area (Å²) in [6.45, 7) is 0. The van der Waals surface area contributed by atoms with Gasteiger partial charge in [0.05, 0.1) is 0 Å². The Morgan fingerprint density at radius 3 is 2.33 bits per heavy atom. The third kappa shape index (κ3) is 3.07. The largest absolute Gasteiger partial charge is 0.0928 e. The van der Waals surface area contributed by atoms with Crippen LogP contribution in [0.2, 0.25) is 0 Å². The molecule has 2 rings (SSSR count). The van der Waals surface area contributed by atoms with E-state index in [-0.39, 0.29) is 0 Å². The molecule has 0 heterocycles. The van der Waals surface area contributed by atoms with Crippen molar-refractivity contribution in [3.8, 4) is 0 Å². The highest BCUT2D eigenvalue weighted by Gasteiger charge is 2.16. The lowest BCUT2D eigenvalue weighted by molar-refractivity contribution is 0.722. The van der Waals surface area contributed by atoms with E-state index in [9.17, 15) is 0 Å². The van der Waals surface area contributed by atoms with Gasteiger partial charge in [0.25, 0.3) is 0 Å². The number of rotatable bonds is 4. The molecule has 0 aliphatic heterocycles. The van der Waals surface area contributed by atoms with Gasteiger partial charge in [0, 0.05) is 5.33 Å². The Labute approximate surface area is 101 Å². The molecule has 0 radical (unpaired) electrons. The predicted molar refractivity (Wildman–Crippen MR) is 69.8 cm³/mol. The van der Waals surface area contributed by atoms with Crippen LogP contribution in [0, 0.1) is 0 Å². The van der Waals surface area contributed by atoms with Crippen molar-refractivity contribution in [1.82, 2.24) is 0 Å². The van der Waals surface area contributed by atoms with E-state index in [1.54, 1.807) is 5.56 Å². The molecular formula is C14H19Br. The molecule has 0 saturated heterocycles. The Kier molecular flexibility index (Phi) is 4.25. The molecule has 0 unspecified atom stereocenters. The molecule has 1 aromatic carbocycles. The van der Waals surface area contributed by atoms with Crippen molar-refractivity contribution < 1.29 is 0 Å². The highest BCUT2D eigenvalue weighted by molar-refractivity contribution is 9.09. The summed E-state index contributed by atoms with van der Waals surface area (Å²) in [6.07, 6.45) is 8.10. The predicted octanol–water partition coefficient (Wildman–Crippen LogP) is 4.67. The summed E-state index contributed by atoms with van der Waals surface area (Å²) < 4.78 is 0. The van der Waals surface area contributed by atoms with Gasteiger partial charge in [0.2, 0.25) is 0 Å². The Hall–Kier alpha value is -0.300. The van der Waals surface area contributed by atoms with E-state index in [0.717, 1.165) is 11.2 Å². The van der Waals surface area contributed by atoms with Crippen molar-refractivity contribution in [2.24, 2.45) is 0 Å². The van der Waals surface area contributed by atoms with Crippen molar-refractivity contribution in [3.63, 3.8) is 0 Å². The highest BCUT2D eigenvalue weighted by atomic mass is 79.9. The number of halogens is 1. The lowest BCUT2D eigenvalue weighted by atomic mass is 9.96. The van der Waals surface area contributed by atoms with Gasteiger partial charge in [0.15, 0.2) is 0 Å². The number of benzene rings is 1. The van der Waals surface area contributed by atoms with Crippen LogP contribution in [0.4, 0.5) is 0 Å². The molecule has 0 spiro atoms. The molecule has 15 heavy (non-hydrogen) atoms. The van der Waals surface area contributed by atoms with Gasteiger partial charge in [-0.15, -0.1) is 0 Å². The van der Waals surface area contributed by atoms with E-state index >= 15 is 0 Å². The van der Waals surface area contributed by atoms with Crippen molar-refractivity contribution in [3.05, 3.63) is 35.4 Å². The van der Waals surface area contributed by atoms with Crippen LogP contribution in [0.5, 0.6) is 0 Å². The molecule has 1 aliphatic carbocycles. The minimum Gasteiger partial charge on any atom is -0.0928 e. The maximum absolute atomic E-state index is 3.48. The molecule has 0 aromatic heterocycles. The molecule has 0 nitrogen and oxygen atoms in total. The van der Waals surface area contributed by atoms with E-state index in [1.807, 2.05) is 0 Å². The van der Waals surface area contributed by atoms with Crippen LogP contribution < -0.4 is 0 Å². The van der Waals surface area contributed by atoms with Gasteiger partial charge in [0.1, 0.15) is 0 Å². The standard InChI is InChI=1S/C14H19Br/c15-11-3-4-12-7-9-14(10-8-12)13-5-1-2-6-13/h7-10,13H,1-6,11H2. The summed E-state index contributed by atoms with van der Waals surface area (Å²) in [6, 6.07) is 9.33. The van der Waals surface area contributed by atoms with Crippen LogP contribution in [0.25, 0.3) is 0 Å². The third-order valence-electron chi connectivity index (χ3n) is 3.41. The molecule has 0 bridgehead atoms. The van der Waals surface area contributed by atoms with Crippen molar-refractivity contribution in [2.75, 3.05) is 5.33 Å². The summed E-state index contributed by atoms with van der Waals surface area (Å²) in [5, 5.41) is 1.11. The summed E-state index contributed by atoms with van der Waals surface area (Å²) in [7, 11) is 0. The lowest BCUT2D eigenvalue weighted by Gasteiger charge is -2.09. The van der Waals surface area contributed by atoms with Crippen LogP contribution >= 0.6 is 15.9 Å². The monoisotopic (exact) mass is 266 g/mol. The van der Waals surface area contributed by atoms with Crippen molar-refractivity contribution >= 4 is 15.9 Å². The maximum Gasteiger partial charge on any atom is 0.00344 e. The zero-order valence-corrected chi connectivity index (χ0v) is 10.8. The molecule has 0 N–H and O–H groups in total. The number of hydrogen-bond donors (Lipinski definition) is 0. The van der Waals surface area contributed by atoms with Gasteiger partial charge < -0.3 is 0 Å². The summed E-state index contributed by atoms with van der Waals surface area (Å²) in [5.74, 6) is 0.857. The first kappa shape index (κ1) is 11.2. The molecule has 0 atom stereocenters. The summed E-state index contributed by atoms with van der Waals surface area (Å²) in [4.78, 5) is 0. The molecule has 1 saturated carbocycles. The number of aryl methyl sites for hydroxylation is 1. The minimum atomic E-state index is 0.857. The maximum atomic E-state index is 3.48. The first-order chi connectivity index (χ1) is 7.40. The number of hydrogen-bond acceptors (Lipinski definition) is 0.